The lowest BCUT2D eigenvalue weighted by Gasteiger charge is -2.15. The zero-order valence-corrected chi connectivity index (χ0v) is 19.3. The molecule has 0 amide bonds. The topological polar surface area (TPSA) is 60.4 Å². The van der Waals surface area contributed by atoms with E-state index in [0.717, 1.165) is 39.5 Å². The van der Waals surface area contributed by atoms with E-state index in [9.17, 15) is 10.1 Å². The van der Waals surface area contributed by atoms with Crippen molar-refractivity contribution < 1.29 is 4.92 Å². The average molecular weight is 478 g/mol. The summed E-state index contributed by atoms with van der Waals surface area (Å²) in [6, 6.07) is 36.2. The summed E-state index contributed by atoms with van der Waals surface area (Å²) in [6.45, 7) is 0. The summed E-state index contributed by atoms with van der Waals surface area (Å²) in [4.78, 5) is 15.5. The normalized spacial score (nSPS) is 11.1. The quantitative estimate of drug-likeness (QED) is 0.141. The Morgan fingerprint density at radius 3 is 2.06 bits per heavy atom. The van der Waals surface area contributed by atoms with Gasteiger partial charge in [0.1, 0.15) is 0 Å². The van der Waals surface area contributed by atoms with Crippen LogP contribution in [0.5, 0.6) is 0 Å². The molecule has 0 fully saturated rings. The van der Waals surface area contributed by atoms with E-state index in [4.69, 9.17) is 16.6 Å². The van der Waals surface area contributed by atoms with Crippen molar-refractivity contribution in [2.24, 2.45) is 4.99 Å². The van der Waals surface area contributed by atoms with E-state index in [0.29, 0.717) is 5.02 Å². The number of hydrogen-bond donors (Lipinski definition) is 0. The maximum atomic E-state index is 11.2. The third-order valence-corrected chi connectivity index (χ3v) is 5.86. The Labute approximate surface area is 207 Å². The average Bonchev–Trinajstić information content (AvgIpc) is 3.28. The van der Waals surface area contributed by atoms with E-state index >= 15 is 0 Å². The smallest absolute Gasteiger partial charge is 0.269 e. The van der Waals surface area contributed by atoms with Crippen LogP contribution in [0.2, 0.25) is 5.02 Å². The van der Waals surface area contributed by atoms with Crippen LogP contribution in [0.25, 0.3) is 28.2 Å². The molecule has 0 unspecified atom stereocenters. The number of halogens is 1. The number of hydrogen-bond acceptors (Lipinski definition) is 3. The monoisotopic (exact) mass is 477 g/mol. The Kier molecular flexibility index (Phi) is 6.24. The Morgan fingerprint density at radius 2 is 1.43 bits per heavy atom. The van der Waals surface area contributed by atoms with Gasteiger partial charge in [-0.2, -0.15) is 0 Å². The molecule has 0 saturated carbocycles. The van der Waals surface area contributed by atoms with Crippen molar-refractivity contribution >= 4 is 29.2 Å². The van der Waals surface area contributed by atoms with E-state index in [2.05, 4.69) is 10.6 Å². The second kappa shape index (κ2) is 9.79. The molecule has 0 N–H and O–H groups in total. The van der Waals surface area contributed by atoms with Crippen molar-refractivity contribution in [1.82, 2.24) is 4.57 Å². The van der Waals surface area contributed by atoms with Gasteiger partial charge < -0.3 is 4.57 Å². The van der Waals surface area contributed by atoms with E-state index in [1.165, 1.54) is 12.1 Å². The third-order valence-electron chi connectivity index (χ3n) is 5.63. The molecule has 1 aromatic heterocycles. The van der Waals surface area contributed by atoms with Gasteiger partial charge in [-0.1, -0.05) is 78.3 Å². The zero-order chi connectivity index (χ0) is 24.2. The molecule has 6 heteroatoms. The minimum atomic E-state index is -0.390. The van der Waals surface area contributed by atoms with Crippen LogP contribution >= 0.6 is 11.6 Å². The lowest BCUT2D eigenvalue weighted by molar-refractivity contribution is -0.384. The maximum absolute atomic E-state index is 11.2. The molecule has 4 aromatic carbocycles. The summed E-state index contributed by atoms with van der Waals surface area (Å²) in [5, 5.41) is 11.9. The number of nitro benzene ring substituents is 1. The number of aliphatic imine (C=N–C) groups is 1. The van der Waals surface area contributed by atoms with E-state index < -0.39 is 4.92 Å². The highest BCUT2D eigenvalue weighted by Gasteiger charge is 2.19. The molecule has 0 spiro atoms. The first-order valence-corrected chi connectivity index (χ1v) is 11.4. The lowest BCUT2D eigenvalue weighted by Crippen LogP contribution is -2.01. The molecule has 35 heavy (non-hydrogen) atoms. The van der Waals surface area contributed by atoms with Crippen LogP contribution in [0.4, 0.5) is 11.4 Å². The van der Waals surface area contributed by atoms with Crippen LogP contribution < -0.4 is 0 Å². The first kappa shape index (κ1) is 22.3. The summed E-state index contributed by atoms with van der Waals surface area (Å²) in [5.41, 5.74) is 6.43. The Morgan fingerprint density at radius 1 is 0.771 bits per heavy atom. The lowest BCUT2D eigenvalue weighted by atomic mass is 10.1. The van der Waals surface area contributed by atoms with Gasteiger partial charge in [-0.15, -0.1) is 0 Å². The summed E-state index contributed by atoms with van der Waals surface area (Å²) >= 11 is 6.15. The van der Waals surface area contributed by atoms with Gasteiger partial charge in [0.15, 0.2) is 0 Å². The summed E-state index contributed by atoms with van der Waals surface area (Å²) in [7, 11) is 0. The minimum Gasteiger partial charge on any atom is -0.309 e. The van der Waals surface area contributed by atoms with Crippen LogP contribution in [-0.2, 0) is 0 Å². The Hall–Kier alpha value is -4.48. The number of benzene rings is 4. The predicted octanol–water partition coefficient (Wildman–Crippen LogP) is 8.12. The largest absolute Gasteiger partial charge is 0.309 e. The molecule has 5 rings (SSSR count). The summed E-state index contributed by atoms with van der Waals surface area (Å²) < 4.78 is 2.12. The van der Waals surface area contributed by atoms with Crippen molar-refractivity contribution in [2.45, 2.75) is 0 Å². The number of nitrogens with zero attached hydrogens (tertiary/aromatic N) is 3. The van der Waals surface area contributed by atoms with Gasteiger partial charge in [0.2, 0.25) is 0 Å². The molecule has 0 saturated heterocycles. The van der Waals surface area contributed by atoms with Crippen LogP contribution in [0, 0.1) is 10.1 Å². The van der Waals surface area contributed by atoms with Gasteiger partial charge in [0.25, 0.3) is 5.69 Å². The van der Waals surface area contributed by atoms with Gasteiger partial charge in [-0.3, -0.25) is 15.1 Å². The van der Waals surface area contributed by atoms with Crippen molar-refractivity contribution in [3.63, 3.8) is 0 Å². The molecule has 0 aliphatic heterocycles. The van der Waals surface area contributed by atoms with Crippen molar-refractivity contribution in [2.75, 3.05) is 0 Å². The van der Waals surface area contributed by atoms with Gasteiger partial charge in [-0.05, 0) is 47.5 Å². The van der Waals surface area contributed by atoms with Gasteiger partial charge in [0, 0.05) is 34.6 Å². The predicted molar refractivity (Wildman–Crippen MR) is 142 cm³/mol. The van der Waals surface area contributed by atoms with E-state index in [1.807, 2.05) is 91.1 Å². The van der Waals surface area contributed by atoms with E-state index in [1.54, 1.807) is 12.1 Å². The molecular formula is C29H20ClN3O2. The minimum absolute atomic E-state index is 0.0474. The molecule has 5 nitrogen and oxygen atoms in total. The van der Waals surface area contributed by atoms with Crippen LogP contribution in [0.1, 0.15) is 5.56 Å². The van der Waals surface area contributed by atoms with Crippen LogP contribution in [0.3, 0.4) is 0 Å². The van der Waals surface area contributed by atoms with Crippen molar-refractivity contribution in [3.05, 3.63) is 136 Å². The SMILES string of the molecule is O=[N+]([O-])c1ccc(-n2c(-c3ccccc3)cc(C=Nc3cccc(Cl)c3)c2-c2ccccc2)cc1. The fourth-order valence-electron chi connectivity index (χ4n) is 4.03. The molecule has 1 heterocycles. The van der Waals surface area contributed by atoms with E-state index in [-0.39, 0.29) is 5.69 Å². The number of non-ortho nitro benzene ring substituents is 1. The molecule has 170 valence electrons. The third kappa shape index (κ3) is 4.76. The fourth-order valence-corrected chi connectivity index (χ4v) is 4.22. The maximum Gasteiger partial charge on any atom is 0.269 e. The standard InChI is InChI=1S/C29H20ClN3O2/c30-24-12-7-13-25(19-24)31-20-23-18-28(21-8-3-1-4-9-21)32(29(23)22-10-5-2-6-11-22)26-14-16-27(17-15-26)33(34)35/h1-20H. The van der Waals surface area contributed by atoms with Crippen LogP contribution in [0.15, 0.2) is 120 Å². The molecule has 0 radical (unpaired) electrons. The highest BCUT2D eigenvalue weighted by molar-refractivity contribution is 6.30. The van der Waals surface area contributed by atoms with Crippen molar-refractivity contribution in [1.29, 1.82) is 0 Å². The van der Waals surface area contributed by atoms with Crippen LogP contribution in [-0.4, -0.2) is 15.7 Å². The highest BCUT2D eigenvalue weighted by atomic mass is 35.5. The van der Waals surface area contributed by atoms with Gasteiger partial charge >= 0.3 is 0 Å². The van der Waals surface area contributed by atoms with Crippen molar-refractivity contribution in [3.8, 4) is 28.2 Å². The first-order valence-electron chi connectivity index (χ1n) is 11.0. The zero-order valence-electron chi connectivity index (χ0n) is 18.6. The second-order valence-electron chi connectivity index (χ2n) is 7.91. The number of rotatable bonds is 6. The highest BCUT2D eigenvalue weighted by Crippen LogP contribution is 2.36. The summed E-state index contributed by atoms with van der Waals surface area (Å²) in [5.74, 6) is 0. The molecule has 0 bridgehead atoms. The first-order chi connectivity index (χ1) is 17.1. The number of nitro groups is 1. The second-order valence-corrected chi connectivity index (χ2v) is 8.35. The number of aromatic nitrogens is 1. The molecule has 0 atom stereocenters. The van der Waals surface area contributed by atoms with Gasteiger partial charge in [0.05, 0.1) is 22.0 Å². The molecule has 5 aromatic rings. The Balaban J connectivity index is 1.76. The Bertz CT molecular complexity index is 1510. The fraction of sp³-hybridized carbons (Fsp3) is 0. The molecular weight excluding hydrogens is 458 g/mol. The van der Waals surface area contributed by atoms with Gasteiger partial charge in [-0.25, -0.2) is 0 Å². The molecule has 0 aliphatic carbocycles. The molecule has 0 aliphatic rings. The summed E-state index contributed by atoms with van der Waals surface area (Å²) in [6.07, 6.45) is 1.84.